The van der Waals surface area contributed by atoms with E-state index in [0.29, 0.717) is 47.8 Å². The minimum atomic E-state index is -3.75. The number of nitrogens with zero attached hydrogens (tertiary/aromatic N) is 1. The third kappa shape index (κ3) is 5.58. The zero-order chi connectivity index (χ0) is 27.4. The minimum absolute atomic E-state index is 0.0513. The number of sulfonamides is 1. The van der Waals surface area contributed by atoms with Crippen molar-refractivity contribution in [3.05, 3.63) is 89.7 Å². The Kier molecular flexibility index (Phi) is 7.78. The van der Waals surface area contributed by atoms with Gasteiger partial charge in [-0.2, -0.15) is 4.31 Å². The van der Waals surface area contributed by atoms with Crippen LogP contribution in [0.4, 0.5) is 5.69 Å². The van der Waals surface area contributed by atoms with E-state index >= 15 is 0 Å². The molecule has 0 spiro atoms. The van der Waals surface area contributed by atoms with Crippen molar-refractivity contribution in [2.24, 2.45) is 0 Å². The summed E-state index contributed by atoms with van der Waals surface area (Å²) in [6.45, 7) is 3.42. The fourth-order valence-corrected chi connectivity index (χ4v) is 5.87. The summed E-state index contributed by atoms with van der Waals surface area (Å²) in [5, 5.41) is 3.73. The number of para-hydroxylation sites is 1. The van der Waals surface area contributed by atoms with Crippen molar-refractivity contribution in [3.63, 3.8) is 0 Å². The maximum absolute atomic E-state index is 13.4. The molecule has 0 radical (unpaired) electrons. The largest absolute Gasteiger partial charge is 0.494 e. The standard InChI is InChI=1S/C29H28N2O7S/c1-2-37-22-12-10-20(11-13-22)28(33)29-27(24-8-3-4-9-26(24)38-29)30-19-25(32)21-6-5-7-23(18-21)39(34,35)31-14-16-36-17-15-31/h3-13,18,30H,2,14-17,19H2,1H3. The van der Waals surface area contributed by atoms with E-state index in [1.165, 1.54) is 16.4 Å². The quantitative estimate of drug-likeness (QED) is 0.291. The Morgan fingerprint density at radius 1 is 0.949 bits per heavy atom. The average Bonchev–Trinajstić information content (AvgIpc) is 3.35. The number of ether oxygens (including phenoxy) is 2. The van der Waals surface area contributed by atoms with E-state index in [-0.39, 0.29) is 47.4 Å². The van der Waals surface area contributed by atoms with Gasteiger partial charge < -0.3 is 19.2 Å². The Balaban J connectivity index is 1.38. The van der Waals surface area contributed by atoms with Crippen LogP contribution in [0.15, 0.2) is 82.1 Å². The molecule has 0 saturated carbocycles. The SMILES string of the molecule is CCOc1ccc(C(=O)c2oc3ccccc3c2NCC(=O)c2cccc(S(=O)(=O)N3CCOCC3)c2)cc1. The van der Waals surface area contributed by atoms with E-state index in [4.69, 9.17) is 13.9 Å². The van der Waals surface area contributed by atoms with Crippen molar-refractivity contribution in [3.8, 4) is 5.75 Å². The van der Waals surface area contributed by atoms with Gasteiger partial charge in [-0.3, -0.25) is 9.59 Å². The predicted molar refractivity (Wildman–Crippen MR) is 146 cm³/mol. The van der Waals surface area contributed by atoms with Gasteiger partial charge in [-0.05, 0) is 55.5 Å². The molecular weight excluding hydrogens is 520 g/mol. The second kappa shape index (κ2) is 11.4. The summed E-state index contributed by atoms with van der Waals surface area (Å²) in [6, 6.07) is 19.9. The first-order valence-corrected chi connectivity index (χ1v) is 14.1. The van der Waals surface area contributed by atoms with Gasteiger partial charge in [0.1, 0.15) is 11.3 Å². The molecule has 1 aromatic heterocycles. The summed E-state index contributed by atoms with van der Waals surface area (Å²) in [7, 11) is -3.75. The first-order valence-electron chi connectivity index (χ1n) is 12.6. The third-order valence-corrected chi connectivity index (χ3v) is 8.31. The molecule has 10 heteroatoms. The van der Waals surface area contributed by atoms with Gasteiger partial charge in [-0.1, -0.05) is 24.3 Å². The number of anilines is 1. The predicted octanol–water partition coefficient (Wildman–Crippen LogP) is 4.38. The fraction of sp³-hybridized carbons (Fsp3) is 0.241. The molecule has 1 aliphatic rings. The Morgan fingerprint density at radius 2 is 1.69 bits per heavy atom. The lowest BCUT2D eigenvalue weighted by Gasteiger charge is -2.26. The number of furan rings is 1. The summed E-state index contributed by atoms with van der Waals surface area (Å²) in [6.07, 6.45) is 0. The van der Waals surface area contributed by atoms with Crippen LogP contribution in [0.3, 0.4) is 0 Å². The van der Waals surface area contributed by atoms with Gasteiger partial charge in [0.05, 0.1) is 36.9 Å². The van der Waals surface area contributed by atoms with E-state index in [1.807, 2.05) is 13.0 Å². The highest BCUT2D eigenvalue weighted by Crippen LogP contribution is 2.33. The van der Waals surface area contributed by atoms with Gasteiger partial charge >= 0.3 is 0 Å². The van der Waals surface area contributed by atoms with Crippen LogP contribution in [0, 0.1) is 0 Å². The second-order valence-corrected chi connectivity index (χ2v) is 10.8. The molecular formula is C29H28N2O7S. The molecule has 0 bridgehead atoms. The Labute approximate surface area is 226 Å². The molecule has 1 N–H and O–H groups in total. The van der Waals surface area contributed by atoms with Crippen molar-refractivity contribution in [1.29, 1.82) is 0 Å². The lowest BCUT2D eigenvalue weighted by atomic mass is 10.1. The smallest absolute Gasteiger partial charge is 0.243 e. The van der Waals surface area contributed by atoms with E-state index in [9.17, 15) is 18.0 Å². The molecule has 4 aromatic rings. The zero-order valence-electron chi connectivity index (χ0n) is 21.4. The number of nitrogens with one attached hydrogen (secondary N) is 1. The number of carbonyl (C=O) groups is 2. The Bertz CT molecular complexity index is 1600. The van der Waals surface area contributed by atoms with Crippen LogP contribution in [0.2, 0.25) is 0 Å². The molecule has 1 saturated heterocycles. The molecule has 5 rings (SSSR count). The third-order valence-electron chi connectivity index (χ3n) is 6.42. The molecule has 0 unspecified atom stereocenters. The molecule has 0 atom stereocenters. The molecule has 39 heavy (non-hydrogen) atoms. The highest BCUT2D eigenvalue weighted by atomic mass is 32.2. The normalized spacial score (nSPS) is 14.3. The number of rotatable bonds is 10. The maximum atomic E-state index is 13.4. The fourth-order valence-electron chi connectivity index (χ4n) is 4.42. The number of fused-ring (bicyclic) bond motifs is 1. The van der Waals surface area contributed by atoms with E-state index < -0.39 is 10.0 Å². The van der Waals surface area contributed by atoms with E-state index in [0.717, 1.165) is 0 Å². The van der Waals surface area contributed by atoms with Crippen LogP contribution in [0.25, 0.3) is 11.0 Å². The number of hydrogen-bond donors (Lipinski definition) is 1. The summed E-state index contributed by atoms with van der Waals surface area (Å²) in [4.78, 5) is 26.6. The summed E-state index contributed by atoms with van der Waals surface area (Å²) >= 11 is 0. The van der Waals surface area contributed by atoms with Gasteiger partial charge in [0.2, 0.25) is 15.8 Å². The van der Waals surface area contributed by atoms with Crippen molar-refractivity contribution in [2.45, 2.75) is 11.8 Å². The van der Waals surface area contributed by atoms with E-state index in [2.05, 4.69) is 5.32 Å². The number of morpholine rings is 1. The highest BCUT2D eigenvalue weighted by molar-refractivity contribution is 7.89. The zero-order valence-corrected chi connectivity index (χ0v) is 22.2. The Morgan fingerprint density at radius 3 is 2.44 bits per heavy atom. The lowest BCUT2D eigenvalue weighted by molar-refractivity contribution is 0.0730. The molecule has 9 nitrogen and oxygen atoms in total. The van der Waals surface area contributed by atoms with Crippen molar-refractivity contribution < 1.29 is 31.9 Å². The van der Waals surface area contributed by atoms with Crippen LogP contribution >= 0.6 is 0 Å². The van der Waals surface area contributed by atoms with Crippen LogP contribution in [0.5, 0.6) is 5.75 Å². The van der Waals surface area contributed by atoms with Crippen molar-refractivity contribution in [1.82, 2.24) is 4.31 Å². The topological polar surface area (TPSA) is 115 Å². The summed E-state index contributed by atoms with van der Waals surface area (Å²) in [5.41, 5.74) is 1.55. The van der Waals surface area contributed by atoms with Crippen LogP contribution < -0.4 is 10.1 Å². The summed E-state index contributed by atoms with van der Waals surface area (Å²) in [5.74, 6) is 0.0545. The van der Waals surface area contributed by atoms with E-state index in [1.54, 1.807) is 54.6 Å². The first-order chi connectivity index (χ1) is 18.9. The number of carbonyl (C=O) groups excluding carboxylic acids is 2. The molecule has 202 valence electrons. The number of Topliss-reactive ketones (excluding diaryl/α,β-unsaturated/α-hetero) is 1. The average molecular weight is 549 g/mol. The number of ketones is 2. The van der Waals surface area contributed by atoms with Gasteiger partial charge in [-0.25, -0.2) is 8.42 Å². The molecule has 0 amide bonds. The molecule has 1 aliphatic heterocycles. The number of hydrogen-bond acceptors (Lipinski definition) is 8. The molecule has 2 heterocycles. The molecule has 1 fully saturated rings. The first kappa shape index (κ1) is 26.6. The van der Waals surface area contributed by atoms with Gasteiger partial charge in [-0.15, -0.1) is 0 Å². The van der Waals surface area contributed by atoms with Crippen LogP contribution in [-0.4, -0.2) is 63.7 Å². The van der Waals surface area contributed by atoms with Gasteiger partial charge in [0.25, 0.3) is 0 Å². The maximum Gasteiger partial charge on any atom is 0.243 e. The molecule has 0 aliphatic carbocycles. The summed E-state index contributed by atoms with van der Waals surface area (Å²) < 4.78 is 44.1. The second-order valence-electron chi connectivity index (χ2n) is 8.91. The van der Waals surface area contributed by atoms with Crippen LogP contribution in [0.1, 0.15) is 33.4 Å². The minimum Gasteiger partial charge on any atom is -0.494 e. The Hall–Kier alpha value is -3.99. The monoisotopic (exact) mass is 548 g/mol. The van der Waals surface area contributed by atoms with Gasteiger partial charge in [0, 0.05) is 29.6 Å². The van der Waals surface area contributed by atoms with Gasteiger partial charge in [0.15, 0.2) is 11.5 Å². The number of benzene rings is 3. The van der Waals surface area contributed by atoms with Crippen molar-refractivity contribution in [2.75, 3.05) is 44.8 Å². The van der Waals surface area contributed by atoms with Crippen LogP contribution in [-0.2, 0) is 14.8 Å². The highest BCUT2D eigenvalue weighted by Gasteiger charge is 2.27. The van der Waals surface area contributed by atoms with Crippen molar-refractivity contribution >= 4 is 38.2 Å². The molecule has 3 aromatic carbocycles. The lowest BCUT2D eigenvalue weighted by Crippen LogP contribution is -2.40.